The van der Waals surface area contributed by atoms with Crippen molar-refractivity contribution in [2.75, 3.05) is 24.1 Å². The molecule has 2 N–H and O–H groups in total. The Labute approximate surface area is 87.0 Å². The summed E-state index contributed by atoms with van der Waals surface area (Å²) in [5.74, 6) is 0.601. The SMILES string of the molecule is CNCCS(=O)(=O)Nc1nc(C)ns1. The van der Waals surface area contributed by atoms with E-state index in [1.807, 2.05) is 0 Å². The van der Waals surface area contributed by atoms with Gasteiger partial charge in [-0.3, -0.25) is 4.72 Å². The third-order valence-corrected chi connectivity index (χ3v) is 3.49. The second-order valence-corrected chi connectivity index (χ2v) is 5.26. The van der Waals surface area contributed by atoms with E-state index in [4.69, 9.17) is 0 Å². The maximum atomic E-state index is 11.4. The van der Waals surface area contributed by atoms with E-state index in [2.05, 4.69) is 19.4 Å². The van der Waals surface area contributed by atoms with Gasteiger partial charge in [0, 0.05) is 18.1 Å². The van der Waals surface area contributed by atoms with Gasteiger partial charge < -0.3 is 5.32 Å². The molecule has 0 unspecified atom stereocenters. The van der Waals surface area contributed by atoms with Crippen molar-refractivity contribution >= 4 is 26.7 Å². The van der Waals surface area contributed by atoms with Gasteiger partial charge in [0.15, 0.2) is 0 Å². The van der Waals surface area contributed by atoms with E-state index in [0.717, 1.165) is 11.5 Å². The normalized spacial score (nSPS) is 11.6. The van der Waals surface area contributed by atoms with Gasteiger partial charge >= 0.3 is 0 Å². The average Bonchev–Trinajstić information content (AvgIpc) is 2.47. The highest BCUT2D eigenvalue weighted by molar-refractivity contribution is 7.92. The third kappa shape index (κ3) is 3.56. The van der Waals surface area contributed by atoms with Crippen LogP contribution in [0.5, 0.6) is 0 Å². The zero-order valence-corrected chi connectivity index (χ0v) is 9.57. The second kappa shape index (κ2) is 4.67. The standard InChI is InChI=1S/C6H12N4O2S2/c1-5-8-6(13-9-5)10-14(11,12)4-3-7-2/h7H,3-4H2,1-2H3,(H,8,9,10). The predicted molar refractivity (Wildman–Crippen MR) is 56.0 cm³/mol. The number of rotatable bonds is 5. The molecule has 1 heterocycles. The smallest absolute Gasteiger partial charge is 0.235 e. The number of sulfonamides is 1. The third-order valence-electron chi connectivity index (χ3n) is 1.39. The molecule has 0 amide bonds. The number of hydrogen-bond donors (Lipinski definition) is 2. The minimum absolute atomic E-state index is 0.0299. The van der Waals surface area contributed by atoms with Crippen molar-refractivity contribution in [2.24, 2.45) is 0 Å². The molecule has 1 rings (SSSR count). The van der Waals surface area contributed by atoms with Crippen LogP contribution in [0.4, 0.5) is 5.13 Å². The minimum Gasteiger partial charge on any atom is -0.319 e. The number of aryl methyl sites for hydroxylation is 1. The topological polar surface area (TPSA) is 84.0 Å². The van der Waals surface area contributed by atoms with E-state index in [9.17, 15) is 8.42 Å². The van der Waals surface area contributed by atoms with Gasteiger partial charge in [-0.1, -0.05) is 0 Å². The van der Waals surface area contributed by atoms with Crippen molar-refractivity contribution in [1.29, 1.82) is 0 Å². The van der Waals surface area contributed by atoms with Crippen LogP contribution in [-0.4, -0.2) is 37.1 Å². The summed E-state index contributed by atoms with van der Waals surface area (Å²) >= 11 is 1.04. The Balaban J connectivity index is 2.59. The lowest BCUT2D eigenvalue weighted by Gasteiger charge is -2.02. The van der Waals surface area contributed by atoms with Crippen molar-refractivity contribution in [2.45, 2.75) is 6.92 Å². The molecule has 0 radical (unpaired) electrons. The average molecular weight is 236 g/mol. The van der Waals surface area contributed by atoms with Gasteiger partial charge in [-0.2, -0.15) is 4.37 Å². The molecule has 8 heteroatoms. The summed E-state index contributed by atoms with van der Waals surface area (Å²) in [4.78, 5) is 3.90. The molecule has 0 bridgehead atoms. The Morgan fingerprint density at radius 1 is 1.50 bits per heavy atom. The van der Waals surface area contributed by atoms with Crippen molar-refractivity contribution in [3.63, 3.8) is 0 Å². The number of nitrogens with zero attached hydrogens (tertiary/aromatic N) is 2. The van der Waals surface area contributed by atoms with Gasteiger partial charge in [0.05, 0.1) is 5.75 Å². The molecule has 1 aromatic rings. The zero-order valence-electron chi connectivity index (χ0n) is 7.94. The van der Waals surface area contributed by atoms with Crippen LogP contribution in [-0.2, 0) is 10.0 Å². The van der Waals surface area contributed by atoms with Crippen LogP contribution >= 0.6 is 11.5 Å². The maximum Gasteiger partial charge on any atom is 0.235 e. The van der Waals surface area contributed by atoms with E-state index in [-0.39, 0.29) is 5.75 Å². The lowest BCUT2D eigenvalue weighted by Crippen LogP contribution is -2.24. The fourth-order valence-electron chi connectivity index (χ4n) is 0.759. The molecule has 0 spiro atoms. The first kappa shape index (κ1) is 11.3. The molecule has 0 aromatic carbocycles. The van der Waals surface area contributed by atoms with Crippen LogP contribution in [0.3, 0.4) is 0 Å². The summed E-state index contributed by atoms with van der Waals surface area (Å²) < 4.78 is 28.9. The Kier molecular flexibility index (Phi) is 3.78. The summed E-state index contributed by atoms with van der Waals surface area (Å²) in [6, 6.07) is 0. The Morgan fingerprint density at radius 3 is 2.71 bits per heavy atom. The molecule has 14 heavy (non-hydrogen) atoms. The first-order valence-electron chi connectivity index (χ1n) is 3.99. The number of nitrogens with one attached hydrogen (secondary N) is 2. The number of hydrogen-bond acceptors (Lipinski definition) is 6. The molecule has 6 nitrogen and oxygen atoms in total. The summed E-state index contributed by atoms with van der Waals surface area (Å²) in [5, 5.41) is 3.08. The molecule has 0 atom stereocenters. The van der Waals surface area contributed by atoms with Gasteiger partial charge in [-0.25, -0.2) is 13.4 Å². The molecule has 80 valence electrons. The molecule has 1 aromatic heterocycles. The zero-order chi connectivity index (χ0) is 10.6. The largest absolute Gasteiger partial charge is 0.319 e. The maximum absolute atomic E-state index is 11.4. The molecule has 0 aliphatic carbocycles. The van der Waals surface area contributed by atoms with E-state index in [1.54, 1.807) is 14.0 Å². The summed E-state index contributed by atoms with van der Waals surface area (Å²) in [5.41, 5.74) is 0. The van der Waals surface area contributed by atoms with Gasteiger partial charge in [0.25, 0.3) is 0 Å². The van der Waals surface area contributed by atoms with E-state index < -0.39 is 10.0 Å². The van der Waals surface area contributed by atoms with Crippen LogP contribution in [0.25, 0.3) is 0 Å². The van der Waals surface area contributed by atoms with Crippen LogP contribution in [0.15, 0.2) is 0 Å². The number of aromatic nitrogens is 2. The highest BCUT2D eigenvalue weighted by Gasteiger charge is 2.11. The van der Waals surface area contributed by atoms with Crippen LogP contribution in [0, 0.1) is 6.92 Å². The fraction of sp³-hybridized carbons (Fsp3) is 0.667. The van der Waals surface area contributed by atoms with Crippen LogP contribution in [0.1, 0.15) is 5.82 Å². The lowest BCUT2D eigenvalue weighted by atomic mass is 10.8. The monoisotopic (exact) mass is 236 g/mol. The van der Waals surface area contributed by atoms with Gasteiger partial charge in [-0.05, 0) is 14.0 Å². The van der Waals surface area contributed by atoms with Gasteiger partial charge in [-0.15, -0.1) is 0 Å². The highest BCUT2D eigenvalue weighted by atomic mass is 32.2. The Morgan fingerprint density at radius 2 is 2.21 bits per heavy atom. The molecule has 0 saturated carbocycles. The Hall–Kier alpha value is -0.730. The predicted octanol–water partition coefficient (Wildman–Crippen LogP) is -0.192. The molecular formula is C6H12N4O2S2. The lowest BCUT2D eigenvalue weighted by molar-refractivity contribution is 0.598. The van der Waals surface area contributed by atoms with E-state index in [1.165, 1.54) is 0 Å². The van der Waals surface area contributed by atoms with E-state index in [0.29, 0.717) is 17.5 Å². The van der Waals surface area contributed by atoms with Crippen LogP contribution in [0.2, 0.25) is 0 Å². The van der Waals surface area contributed by atoms with Gasteiger partial charge in [0.2, 0.25) is 15.2 Å². The van der Waals surface area contributed by atoms with E-state index >= 15 is 0 Å². The summed E-state index contributed by atoms with van der Waals surface area (Å²) in [6.07, 6.45) is 0. The molecule has 0 fully saturated rings. The van der Waals surface area contributed by atoms with Crippen molar-refractivity contribution < 1.29 is 8.42 Å². The first-order valence-corrected chi connectivity index (χ1v) is 6.41. The van der Waals surface area contributed by atoms with Crippen molar-refractivity contribution in [1.82, 2.24) is 14.7 Å². The van der Waals surface area contributed by atoms with Gasteiger partial charge in [0.1, 0.15) is 5.82 Å². The fourth-order valence-corrected chi connectivity index (χ4v) is 2.61. The molecule has 0 aliphatic rings. The molecule has 0 saturated heterocycles. The van der Waals surface area contributed by atoms with Crippen molar-refractivity contribution in [3.05, 3.63) is 5.82 Å². The first-order chi connectivity index (χ1) is 6.53. The highest BCUT2D eigenvalue weighted by Crippen LogP contribution is 2.11. The second-order valence-electron chi connectivity index (χ2n) is 2.67. The molecular weight excluding hydrogens is 224 g/mol. The Bertz CT molecular complexity index is 386. The summed E-state index contributed by atoms with van der Waals surface area (Å²) in [6.45, 7) is 2.12. The quantitative estimate of drug-likeness (QED) is 0.740. The molecule has 0 aliphatic heterocycles. The van der Waals surface area contributed by atoms with Crippen molar-refractivity contribution in [3.8, 4) is 0 Å². The van der Waals surface area contributed by atoms with Crippen LogP contribution < -0.4 is 10.0 Å². The minimum atomic E-state index is -3.29. The number of anilines is 1. The summed E-state index contributed by atoms with van der Waals surface area (Å²) in [7, 11) is -1.59.